The number of nitrogens with zero attached hydrogens (tertiary/aromatic N) is 3. The molecule has 18 heavy (non-hydrogen) atoms. The first kappa shape index (κ1) is 11.1. The molecule has 0 aliphatic carbocycles. The summed E-state index contributed by atoms with van der Waals surface area (Å²) in [4.78, 5) is 20.0. The quantitative estimate of drug-likeness (QED) is 0.808. The van der Waals surface area contributed by atoms with Crippen LogP contribution in [0, 0.1) is 0 Å². The minimum atomic E-state index is 0.0750. The Balaban J connectivity index is 1.97. The first-order valence-electron chi connectivity index (χ1n) is 6.02. The number of hydrogen-bond acceptors (Lipinski definition) is 4. The maximum absolute atomic E-state index is 12.1. The van der Waals surface area contributed by atoms with Crippen LogP contribution in [0.3, 0.4) is 0 Å². The average molecular weight is 245 g/mol. The molecule has 0 N–H and O–H groups in total. The minimum absolute atomic E-state index is 0.0750. The summed E-state index contributed by atoms with van der Waals surface area (Å²) in [6.07, 6.45) is 1.10. The third-order valence-corrected chi connectivity index (χ3v) is 3.15. The van der Waals surface area contributed by atoms with Gasteiger partial charge in [0.05, 0.1) is 0 Å². The number of carbonyl (C=O) groups is 1. The lowest BCUT2D eigenvalue weighted by Crippen LogP contribution is -2.41. The van der Waals surface area contributed by atoms with E-state index >= 15 is 0 Å². The van der Waals surface area contributed by atoms with Crippen molar-refractivity contribution in [2.24, 2.45) is 0 Å². The lowest BCUT2D eigenvalue weighted by molar-refractivity contribution is 0.0652. The molecule has 0 saturated carbocycles. The summed E-state index contributed by atoms with van der Waals surface area (Å²) < 4.78 is 5.60. The van der Waals surface area contributed by atoms with E-state index in [1.165, 1.54) is 0 Å². The highest BCUT2D eigenvalue weighted by Gasteiger charge is 2.22. The van der Waals surface area contributed by atoms with E-state index in [0.717, 1.165) is 25.0 Å². The van der Waals surface area contributed by atoms with Crippen molar-refractivity contribution in [2.75, 3.05) is 32.1 Å². The summed E-state index contributed by atoms with van der Waals surface area (Å²) in [6, 6.07) is 5.97. The molecular formula is C13H15N3O2. The van der Waals surface area contributed by atoms with Crippen LogP contribution in [0.15, 0.2) is 22.6 Å². The Kier molecular flexibility index (Phi) is 2.47. The molecule has 1 aliphatic rings. The van der Waals surface area contributed by atoms with Gasteiger partial charge in [-0.15, -0.1) is 0 Å². The normalized spacial score (nSPS) is 14.7. The summed E-state index contributed by atoms with van der Waals surface area (Å²) in [6.45, 7) is 1.71. The van der Waals surface area contributed by atoms with Gasteiger partial charge in [0.15, 0.2) is 5.58 Å². The number of likely N-dealkylation sites (tertiary alicyclic amines) is 1. The highest BCUT2D eigenvalue weighted by Crippen LogP contribution is 2.23. The molecule has 0 bridgehead atoms. The minimum Gasteiger partial charge on any atom is -0.423 e. The number of aromatic nitrogens is 1. The lowest BCUT2D eigenvalue weighted by Gasteiger charge is -2.30. The number of amides is 1. The van der Waals surface area contributed by atoms with Crippen molar-refractivity contribution in [3.63, 3.8) is 0 Å². The highest BCUT2D eigenvalue weighted by molar-refractivity contribution is 5.97. The van der Waals surface area contributed by atoms with Gasteiger partial charge >= 0.3 is 0 Å². The Morgan fingerprint density at radius 2 is 2.17 bits per heavy atom. The zero-order valence-corrected chi connectivity index (χ0v) is 10.5. The monoisotopic (exact) mass is 245 g/mol. The van der Waals surface area contributed by atoms with Crippen LogP contribution >= 0.6 is 0 Å². The smallest absolute Gasteiger partial charge is 0.297 e. The first-order chi connectivity index (χ1) is 8.65. The molecule has 1 aromatic carbocycles. The third kappa shape index (κ3) is 1.72. The third-order valence-electron chi connectivity index (χ3n) is 3.15. The zero-order valence-electron chi connectivity index (χ0n) is 10.5. The molecule has 2 aromatic rings. The predicted octanol–water partition coefficient (Wildman–Crippen LogP) is 1.74. The number of benzene rings is 1. The molecule has 0 unspecified atom stereocenters. The molecule has 0 radical (unpaired) electrons. The van der Waals surface area contributed by atoms with Crippen molar-refractivity contribution in [1.82, 2.24) is 9.88 Å². The summed E-state index contributed by atoms with van der Waals surface area (Å²) >= 11 is 0. The maximum Gasteiger partial charge on any atom is 0.297 e. The molecule has 0 spiro atoms. The Morgan fingerprint density at radius 3 is 2.78 bits per heavy atom. The van der Waals surface area contributed by atoms with Crippen LogP contribution in [0.2, 0.25) is 0 Å². The number of fused-ring (bicyclic) bond motifs is 1. The Hall–Kier alpha value is -2.04. The van der Waals surface area contributed by atoms with Crippen molar-refractivity contribution in [2.45, 2.75) is 6.42 Å². The summed E-state index contributed by atoms with van der Waals surface area (Å²) in [5.74, 6) is 0.0750. The van der Waals surface area contributed by atoms with Crippen molar-refractivity contribution in [1.29, 1.82) is 0 Å². The number of oxazole rings is 1. The van der Waals surface area contributed by atoms with Crippen LogP contribution in [0.4, 0.5) is 6.01 Å². The first-order valence-corrected chi connectivity index (χ1v) is 6.02. The van der Waals surface area contributed by atoms with E-state index in [4.69, 9.17) is 4.42 Å². The largest absolute Gasteiger partial charge is 0.423 e. The van der Waals surface area contributed by atoms with Gasteiger partial charge in [0.25, 0.3) is 11.9 Å². The van der Waals surface area contributed by atoms with Crippen molar-refractivity contribution >= 4 is 23.0 Å². The molecule has 94 valence electrons. The zero-order chi connectivity index (χ0) is 12.7. The van der Waals surface area contributed by atoms with Gasteiger partial charge in [0.2, 0.25) is 0 Å². The second kappa shape index (κ2) is 4.01. The Bertz CT molecular complexity index is 599. The average Bonchev–Trinajstić information content (AvgIpc) is 2.69. The number of hydrogen-bond donors (Lipinski definition) is 0. The van der Waals surface area contributed by atoms with Gasteiger partial charge in [0, 0.05) is 32.7 Å². The van der Waals surface area contributed by atoms with Gasteiger partial charge < -0.3 is 14.2 Å². The van der Waals surface area contributed by atoms with E-state index in [-0.39, 0.29) is 5.91 Å². The van der Waals surface area contributed by atoms with Crippen molar-refractivity contribution in [3.05, 3.63) is 23.8 Å². The van der Waals surface area contributed by atoms with Crippen LogP contribution in [0.25, 0.3) is 11.1 Å². The van der Waals surface area contributed by atoms with Gasteiger partial charge in [-0.1, -0.05) is 0 Å². The van der Waals surface area contributed by atoms with Crippen LogP contribution in [-0.4, -0.2) is 43.0 Å². The fraction of sp³-hybridized carbons (Fsp3) is 0.385. The van der Waals surface area contributed by atoms with E-state index in [2.05, 4.69) is 4.98 Å². The molecule has 0 atom stereocenters. The van der Waals surface area contributed by atoms with Gasteiger partial charge in [0.1, 0.15) is 5.52 Å². The van der Waals surface area contributed by atoms with Crippen molar-refractivity contribution in [3.8, 4) is 0 Å². The maximum atomic E-state index is 12.1. The molecule has 3 rings (SSSR count). The summed E-state index contributed by atoms with van der Waals surface area (Å²) in [5, 5.41) is 0. The number of rotatable bonds is 2. The topological polar surface area (TPSA) is 49.6 Å². The Morgan fingerprint density at radius 1 is 1.39 bits per heavy atom. The second-order valence-corrected chi connectivity index (χ2v) is 4.72. The lowest BCUT2D eigenvalue weighted by atomic mass is 10.1. The van der Waals surface area contributed by atoms with E-state index in [1.54, 1.807) is 11.0 Å². The molecule has 1 aromatic heterocycles. The molecule has 1 aliphatic heterocycles. The van der Waals surface area contributed by atoms with Crippen molar-refractivity contribution < 1.29 is 9.21 Å². The summed E-state index contributed by atoms with van der Waals surface area (Å²) in [7, 11) is 3.74. The highest BCUT2D eigenvalue weighted by atomic mass is 16.4. The molecule has 5 heteroatoms. The van der Waals surface area contributed by atoms with Crippen LogP contribution in [0.1, 0.15) is 16.8 Å². The molecule has 1 fully saturated rings. The number of carbonyl (C=O) groups excluding carboxylic acids is 1. The van der Waals surface area contributed by atoms with E-state index in [0.29, 0.717) is 17.2 Å². The standard InChI is InChI=1S/C13H15N3O2/c1-15(2)13-14-10-5-4-9(8-11(10)18-13)12(17)16-6-3-7-16/h4-5,8H,3,6-7H2,1-2H3. The molecule has 1 amide bonds. The van der Waals surface area contributed by atoms with Gasteiger partial charge in [-0.25, -0.2) is 0 Å². The van der Waals surface area contributed by atoms with Crippen LogP contribution in [-0.2, 0) is 0 Å². The van der Waals surface area contributed by atoms with Crippen LogP contribution < -0.4 is 4.90 Å². The molecule has 2 heterocycles. The van der Waals surface area contributed by atoms with E-state index in [1.807, 2.05) is 31.1 Å². The Labute approximate surface area is 105 Å². The predicted molar refractivity (Wildman–Crippen MR) is 68.9 cm³/mol. The molecule has 1 saturated heterocycles. The SMILES string of the molecule is CN(C)c1nc2ccc(C(=O)N3CCC3)cc2o1. The van der Waals surface area contributed by atoms with Crippen LogP contribution in [0.5, 0.6) is 0 Å². The fourth-order valence-corrected chi connectivity index (χ4v) is 1.94. The fourth-order valence-electron chi connectivity index (χ4n) is 1.94. The van der Waals surface area contributed by atoms with E-state index in [9.17, 15) is 4.79 Å². The number of anilines is 1. The molecule has 5 nitrogen and oxygen atoms in total. The van der Waals surface area contributed by atoms with Gasteiger partial charge in [-0.2, -0.15) is 4.98 Å². The van der Waals surface area contributed by atoms with Gasteiger partial charge in [-0.3, -0.25) is 4.79 Å². The molecular weight excluding hydrogens is 230 g/mol. The second-order valence-electron chi connectivity index (χ2n) is 4.72. The van der Waals surface area contributed by atoms with E-state index < -0.39 is 0 Å². The summed E-state index contributed by atoms with van der Waals surface area (Å²) in [5.41, 5.74) is 2.10. The van der Waals surface area contributed by atoms with Gasteiger partial charge in [-0.05, 0) is 24.6 Å².